The molecule has 0 aromatic rings. The number of carbonyl (C=O) groups excluding carboxylic acids is 2. The smallest absolute Gasteiger partial charge is 0.352 e. The zero-order chi connectivity index (χ0) is 20.5. The Balaban J connectivity index is 0.00000126. The number of hydrogen-bond acceptors (Lipinski definition) is 5. The second-order valence-electron chi connectivity index (χ2n) is 7.15. The molecule has 0 radical (unpaired) electrons. The number of rotatable bonds is 4. The molecular weight excluding hydrogens is 350 g/mol. The number of nitrogens with zero attached hydrogens (tertiary/aromatic N) is 2. The standard InChI is InChI=1S/C18H24N2O5.CH5N/c1-9(7-12-5-4-6-19(12)11(3)22)13-8-14-15(10(2)21)17(23)20(14)16(13)18(24)25;1-2/h7,10,12,14-15,21H,4-6,8H2,1-3H3,(H,24,25);2H2,1H3/t10-,12+,14-,15-;/m1./s1. The number of aliphatic hydroxyl groups is 1. The molecule has 150 valence electrons. The van der Waals surface area contributed by atoms with Gasteiger partial charge in [0, 0.05) is 13.5 Å². The summed E-state index contributed by atoms with van der Waals surface area (Å²) < 4.78 is 0. The molecule has 2 amide bonds. The lowest BCUT2D eigenvalue weighted by molar-refractivity contribution is -0.161. The second kappa shape index (κ2) is 8.22. The van der Waals surface area contributed by atoms with Gasteiger partial charge in [-0.2, -0.15) is 0 Å². The zero-order valence-electron chi connectivity index (χ0n) is 16.3. The van der Waals surface area contributed by atoms with Gasteiger partial charge in [-0.05, 0) is 51.3 Å². The van der Waals surface area contributed by atoms with Gasteiger partial charge in [-0.25, -0.2) is 4.79 Å². The number of carboxylic acid groups (broad SMARTS) is 1. The van der Waals surface area contributed by atoms with E-state index in [0.717, 1.165) is 18.4 Å². The van der Waals surface area contributed by atoms with Crippen molar-refractivity contribution in [1.29, 1.82) is 0 Å². The van der Waals surface area contributed by atoms with E-state index in [1.807, 2.05) is 13.0 Å². The van der Waals surface area contributed by atoms with Crippen LogP contribution in [0.25, 0.3) is 0 Å². The summed E-state index contributed by atoms with van der Waals surface area (Å²) in [6.07, 6.45) is 3.36. The van der Waals surface area contributed by atoms with Gasteiger partial charge >= 0.3 is 5.97 Å². The molecule has 4 N–H and O–H groups in total. The average Bonchev–Trinajstić information content (AvgIpc) is 3.18. The summed E-state index contributed by atoms with van der Waals surface area (Å²) >= 11 is 0. The third-order valence-electron chi connectivity index (χ3n) is 5.55. The predicted molar refractivity (Wildman–Crippen MR) is 99.4 cm³/mol. The Bertz CT molecular complexity index is 697. The summed E-state index contributed by atoms with van der Waals surface area (Å²) in [5.41, 5.74) is 5.94. The average molecular weight is 379 g/mol. The van der Waals surface area contributed by atoms with E-state index in [0.29, 0.717) is 18.5 Å². The molecular formula is C19H29N3O5. The minimum Gasteiger partial charge on any atom is -0.477 e. The molecule has 8 heteroatoms. The Hall–Kier alpha value is -2.19. The van der Waals surface area contributed by atoms with Gasteiger partial charge in [0.05, 0.1) is 24.1 Å². The third-order valence-corrected chi connectivity index (χ3v) is 5.55. The van der Waals surface area contributed by atoms with Gasteiger partial charge in [-0.15, -0.1) is 0 Å². The van der Waals surface area contributed by atoms with Crippen LogP contribution in [0.15, 0.2) is 22.9 Å². The first-order chi connectivity index (χ1) is 12.7. The molecule has 3 aliphatic rings. The maximum absolute atomic E-state index is 12.2. The van der Waals surface area contributed by atoms with Gasteiger partial charge in [0.15, 0.2) is 0 Å². The molecule has 3 rings (SSSR count). The number of aliphatic carboxylic acids is 1. The molecule has 3 heterocycles. The fourth-order valence-corrected chi connectivity index (χ4v) is 4.37. The van der Waals surface area contributed by atoms with Crippen LogP contribution in [0.5, 0.6) is 0 Å². The van der Waals surface area contributed by atoms with Crippen LogP contribution in [0.4, 0.5) is 0 Å². The highest BCUT2D eigenvalue weighted by Crippen LogP contribution is 2.45. The summed E-state index contributed by atoms with van der Waals surface area (Å²) in [6.45, 7) is 5.65. The van der Waals surface area contributed by atoms with E-state index >= 15 is 0 Å². The van der Waals surface area contributed by atoms with Gasteiger partial charge in [-0.3, -0.25) is 9.59 Å². The molecule has 0 aliphatic carbocycles. The van der Waals surface area contributed by atoms with Crippen LogP contribution in [0, 0.1) is 5.92 Å². The van der Waals surface area contributed by atoms with Crippen LogP contribution < -0.4 is 5.73 Å². The Morgan fingerprint density at radius 1 is 1.30 bits per heavy atom. The van der Waals surface area contributed by atoms with Crippen molar-refractivity contribution in [3.63, 3.8) is 0 Å². The van der Waals surface area contributed by atoms with Gasteiger partial charge in [0.25, 0.3) is 0 Å². The first-order valence-electron chi connectivity index (χ1n) is 9.25. The van der Waals surface area contributed by atoms with Crippen LogP contribution >= 0.6 is 0 Å². The van der Waals surface area contributed by atoms with E-state index < -0.39 is 18.0 Å². The number of hydrogen-bond donors (Lipinski definition) is 3. The summed E-state index contributed by atoms with van der Waals surface area (Å²) in [5, 5.41) is 19.4. The summed E-state index contributed by atoms with van der Waals surface area (Å²) in [4.78, 5) is 38.8. The molecule has 0 unspecified atom stereocenters. The van der Waals surface area contributed by atoms with Crippen molar-refractivity contribution < 1.29 is 24.6 Å². The molecule has 8 nitrogen and oxygen atoms in total. The van der Waals surface area contributed by atoms with Gasteiger partial charge < -0.3 is 25.7 Å². The Kier molecular flexibility index (Phi) is 6.43. The maximum atomic E-state index is 12.2. The number of nitrogens with two attached hydrogens (primary N) is 1. The van der Waals surface area contributed by atoms with Crippen molar-refractivity contribution in [2.24, 2.45) is 11.7 Å². The molecule has 0 aromatic heterocycles. The van der Waals surface area contributed by atoms with Gasteiger partial charge in [0.2, 0.25) is 11.8 Å². The van der Waals surface area contributed by atoms with Gasteiger partial charge in [-0.1, -0.05) is 6.08 Å². The van der Waals surface area contributed by atoms with E-state index in [1.54, 1.807) is 11.8 Å². The Morgan fingerprint density at radius 3 is 2.44 bits per heavy atom. The fraction of sp³-hybridized carbons (Fsp3) is 0.632. The molecule has 0 aromatic carbocycles. The van der Waals surface area contributed by atoms with Gasteiger partial charge in [0.1, 0.15) is 5.70 Å². The first kappa shape index (κ1) is 21.1. The lowest BCUT2D eigenvalue weighted by Gasteiger charge is -2.44. The molecule has 0 bridgehead atoms. The largest absolute Gasteiger partial charge is 0.477 e. The first-order valence-corrected chi connectivity index (χ1v) is 9.25. The van der Waals surface area contributed by atoms with Crippen LogP contribution in [-0.2, 0) is 14.4 Å². The SMILES string of the molecule is CC(=O)N1CCC[C@H]1C=C(C)C1=C(C(=O)O)N2C(=O)[C@H]([C@@H](C)O)[C@H]2C1.CN. The number of carboxylic acids is 1. The highest BCUT2D eigenvalue weighted by molar-refractivity contribution is 6.00. The Labute approximate surface area is 159 Å². The molecule has 0 saturated carbocycles. The highest BCUT2D eigenvalue weighted by Gasteiger charge is 2.56. The number of β-lactam (4-membered cyclic amide) rings is 1. The monoisotopic (exact) mass is 379 g/mol. The number of amides is 2. The molecule has 3 aliphatic heterocycles. The van der Waals surface area contributed by atoms with Crippen molar-refractivity contribution >= 4 is 17.8 Å². The van der Waals surface area contributed by atoms with Crippen LogP contribution in [0.2, 0.25) is 0 Å². The number of fused-ring (bicyclic) bond motifs is 1. The van der Waals surface area contributed by atoms with E-state index in [1.165, 1.54) is 18.9 Å². The van der Waals surface area contributed by atoms with Crippen molar-refractivity contribution in [3.05, 3.63) is 22.9 Å². The molecule has 2 fully saturated rings. The normalized spacial score (nSPS) is 28.4. The summed E-state index contributed by atoms with van der Waals surface area (Å²) in [7, 11) is 1.50. The minimum atomic E-state index is -1.13. The van der Waals surface area contributed by atoms with E-state index in [2.05, 4.69) is 5.73 Å². The highest BCUT2D eigenvalue weighted by atomic mass is 16.4. The fourth-order valence-electron chi connectivity index (χ4n) is 4.37. The van der Waals surface area contributed by atoms with E-state index in [9.17, 15) is 24.6 Å². The number of likely N-dealkylation sites (tertiary alicyclic amines) is 1. The third kappa shape index (κ3) is 3.64. The topological polar surface area (TPSA) is 124 Å². The van der Waals surface area contributed by atoms with Crippen molar-refractivity contribution in [3.8, 4) is 0 Å². The summed E-state index contributed by atoms with van der Waals surface area (Å²) in [5.74, 6) is -1.98. The van der Waals surface area contributed by atoms with Crippen molar-refractivity contribution in [2.75, 3.05) is 13.6 Å². The predicted octanol–water partition coefficient (Wildman–Crippen LogP) is 0.469. The number of carbonyl (C=O) groups is 3. The molecule has 4 atom stereocenters. The van der Waals surface area contributed by atoms with Crippen molar-refractivity contribution in [2.45, 2.75) is 58.2 Å². The zero-order valence-corrected chi connectivity index (χ0v) is 16.3. The second-order valence-corrected chi connectivity index (χ2v) is 7.15. The van der Waals surface area contributed by atoms with E-state index in [-0.39, 0.29) is 29.6 Å². The maximum Gasteiger partial charge on any atom is 0.352 e. The lowest BCUT2D eigenvalue weighted by atomic mass is 9.82. The van der Waals surface area contributed by atoms with Crippen LogP contribution in [0.1, 0.15) is 40.0 Å². The quantitative estimate of drug-likeness (QED) is 0.610. The van der Waals surface area contributed by atoms with Crippen LogP contribution in [0.3, 0.4) is 0 Å². The molecule has 0 spiro atoms. The van der Waals surface area contributed by atoms with Crippen molar-refractivity contribution in [1.82, 2.24) is 9.80 Å². The minimum absolute atomic E-state index is 0.0126. The molecule has 2 saturated heterocycles. The number of aliphatic hydroxyl groups excluding tert-OH is 1. The van der Waals surface area contributed by atoms with Crippen LogP contribution in [-0.4, -0.2) is 69.6 Å². The number of allylic oxidation sites excluding steroid dienone is 1. The lowest BCUT2D eigenvalue weighted by Crippen LogP contribution is -2.61. The summed E-state index contributed by atoms with van der Waals surface area (Å²) in [6, 6.07) is -0.319. The molecule has 27 heavy (non-hydrogen) atoms. The Morgan fingerprint density at radius 2 is 1.93 bits per heavy atom. The van der Waals surface area contributed by atoms with E-state index in [4.69, 9.17) is 0 Å².